The molecule has 2 saturated heterocycles. The molecule has 0 aliphatic carbocycles. The summed E-state index contributed by atoms with van der Waals surface area (Å²) in [4.78, 5) is 17.9. The van der Waals surface area contributed by atoms with Crippen molar-refractivity contribution in [2.75, 3.05) is 57.4 Å². The van der Waals surface area contributed by atoms with Gasteiger partial charge in [0.2, 0.25) is 10.0 Å². The molecule has 0 spiro atoms. The maximum Gasteiger partial charge on any atom is 0.256 e. The van der Waals surface area contributed by atoms with E-state index in [4.69, 9.17) is 4.74 Å². The van der Waals surface area contributed by atoms with Gasteiger partial charge in [0, 0.05) is 45.0 Å². The fourth-order valence-electron chi connectivity index (χ4n) is 5.12. The summed E-state index contributed by atoms with van der Waals surface area (Å²) in [5, 5.41) is 0. The molecule has 2 aromatic rings. The van der Waals surface area contributed by atoms with Crippen LogP contribution < -0.4 is 4.90 Å². The molecule has 3 aliphatic rings. The Morgan fingerprint density at radius 3 is 2.29 bits per heavy atom. The smallest absolute Gasteiger partial charge is 0.256 e. The average molecular weight is 496 g/mol. The fraction of sp³-hybridized carbons (Fsp3) is 0.444. The molecule has 1 amide bonds. The number of carbonyl (C=O) groups is 1. The molecule has 0 bridgehead atoms. The van der Waals surface area contributed by atoms with E-state index in [1.807, 2.05) is 29.2 Å². The number of piperidine rings is 1. The van der Waals surface area contributed by atoms with Crippen LogP contribution in [0, 0.1) is 0 Å². The molecule has 186 valence electrons. The molecule has 0 aromatic heterocycles. The number of benzene rings is 2. The lowest BCUT2D eigenvalue weighted by Gasteiger charge is -2.33. The van der Waals surface area contributed by atoms with Crippen LogP contribution >= 0.6 is 0 Å². The molecule has 5 rings (SSSR count). The first kappa shape index (κ1) is 24.0. The Morgan fingerprint density at radius 2 is 1.60 bits per heavy atom. The molecule has 0 atom stereocenters. The van der Waals surface area contributed by atoms with Crippen molar-refractivity contribution in [3.63, 3.8) is 0 Å². The van der Waals surface area contributed by atoms with Gasteiger partial charge in [-0.15, -0.1) is 0 Å². The third kappa shape index (κ3) is 5.15. The van der Waals surface area contributed by atoms with Crippen molar-refractivity contribution in [1.29, 1.82) is 0 Å². The monoisotopic (exact) mass is 495 g/mol. The van der Waals surface area contributed by atoms with Crippen LogP contribution in [-0.2, 0) is 14.8 Å². The molecule has 7 nitrogen and oxygen atoms in total. The van der Waals surface area contributed by atoms with E-state index in [0.29, 0.717) is 58.0 Å². The van der Waals surface area contributed by atoms with Crippen LogP contribution in [0.3, 0.4) is 0 Å². The molecule has 0 saturated carbocycles. The SMILES string of the molecule is O=C(c1cc(S(=O)(=O)N2CCCCC2)ccc1N1CCOCC1)N1CC=C(c2ccccc2)CC1. The number of amides is 1. The van der Waals surface area contributed by atoms with E-state index in [1.165, 1.54) is 11.1 Å². The largest absolute Gasteiger partial charge is 0.378 e. The first-order chi connectivity index (χ1) is 17.0. The minimum Gasteiger partial charge on any atom is -0.378 e. The van der Waals surface area contributed by atoms with Crippen molar-refractivity contribution in [3.8, 4) is 0 Å². The first-order valence-corrected chi connectivity index (χ1v) is 14.0. The Bertz CT molecular complexity index is 1180. The molecule has 2 aromatic carbocycles. The van der Waals surface area contributed by atoms with Gasteiger partial charge in [-0.2, -0.15) is 4.31 Å². The summed E-state index contributed by atoms with van der Waals surface area (Å²) in [5.74, 6) is -0.120. The number of carbonyl (C=O) groups excluding carboxylic acids is 1. The van der Waals surface area contributed by atoms with E-state index >= 15 is 0 Å². The number of nitrogens with zero attached hydrogens (tertiary/aromatic N) is 3. The fourth-order valence-corrected chi connectivity index (χ4v) is 6.66. The van der Waals surface area contributed by atoms with Gasteiger partial charge in [-0.25, -0.2) is 8.42 Å². The summed E-state index contributed by atoms with van der Waals surface area (Å²) in [6.07, 6.45) is 5.69. The summed E-state index contributed by atoms with van der Waals surface area (Å²) in [6.45, 7) is 4.72. The van der Waals surface area contributed by atoms with Crippen LogP contribution in [0.25, 0.3) is 5.57 Å². The quantitative estimate of drug-likeness (QED) is 0.634. The van der Waals surface area contributed by atoms with Crippen molar-refractivity contribution >= 4 is 27.2 Å². The molecule has 0 N–H and O–H groups in total. The lowest BCUT2D eigenvalue weighted by Crippen LogP contribution is -2.40. The lowest BCUT2D eigenvalue weighted by atomic mass is 9.99. The van der Waals surface area contributed by atoms with Crippen molar-refractivity contribution < 1.29 is 17.9 Å². The Labute approximate surface area is 208 Å². The van der Waals surface area contributed by atoms with Gasteiger partial charge in [0.05, 0.1) is 23.7 Å². The molecule has 8 heteroatoms. The number of hydrogen-bond donors (Lipinski definition) is 0. The Morgan fingerprint density at radius 1 is 0.857 bits per heavy atom. The molecule has 0 unspecified atom stereocenters. The maximum absolute atomic E-state index is 13.8. The van der Waals surface area contributed by atoms with Crippen LogP contribution in [0.2, 0.25) is 0 Å². The van der Waals surface area contributed by atoms with Gasteiger partial charge in [-0.05, 0) is 48.6 Å². The predicted molar refractivity (Wildman–Crippen MR) is 137 cm³/mol. The minimum atomic E-state index is -3.63. The summed E-state index contributed by atoms with van der Waals surface area (Å²) < 4.78 is 33.8. The Balaban J connectivity index is 1.45. The Kier molecular flexibility index (Phi) is 7.22. The van der Waals surface area contributed by atoms with Crippen molar-refractivity contribution in [3.05, 3.63) is 65.7 Å². The second kappa shape index (κ2) is 10.5. The third-order valence-corrected chi connectivity index (χ3v) is 9.04. The third-order valence-electron chi connectivity index (χ3n) is 7.14. The van der Waals surface area contributed by atoms with Crippen molar-refractivity contribution in [1.82, 2.24) is 9.21 Å². The first-order valence-electron chi connectivity index (χ1n) is 12.5. The highest BCUT2D eigenvalue weighted by atomic mass is 32.2. The standard InChI is InChI=1S/C27H33N3O4S/c31-27(29-15-11-23(12-16-29)22-7-3-1-4-8-22)25-21-24(35(32,33)30-13-5-2-6-14-30)9-10-26(25)28-17-19-34-20-18-28/h1,3-4,7-11,21H,2,5-6,12-20H2. The maximum atomic E-state index is 13.8. The van der Waals surface area contributed by atoms with Crippen LogP contribution in [0.4, 0.5) is 5.69 Å². The van der Waals surface area contributed by atoms with E-state index < -0.39 is 10.0 Å². The lowest BCUT2D eigenvalue weighted by molar-refractivity contribution is 0.0772. The molecule has 35 heavy (non-hydrogen) atoms. The summed E-state index contributed by atoms with van der Waals surface area (Å²) >= 11 is 0. The number of anilines is 1. The molecular formula is C27H33N3O4S. The number of morpholine rings is 1. The summed E-state index contributed by atoms with van der Waals surface area (Å²) in [7, 11) is -3.63. The highest BCUT2D eigenvalue weighted by Gasteiger charge is 2.30. The Hall–Kier alpha value is -2.68. The number of hydrogen-bond acceptors (Lipinski definition) is 5. The molecule has 3 heterocycles. The van der Waals surface area contributed by atoms with Crippen molar-refractivity contribution in [2.24, 2.45) is 0 Å². The van der Waals surface area contributed by atoms with E-state index in [2.05, 4.69) is 23.1 Å². The molecule has 3 aliphatic heterocycles. The summed E-state index contributed by atoms with van der Waals surface area (Å²) in [6, 6.07) is 15.3. The van der Waals surface area contributed by atoms with Crippen LogP contribution in [0.1, 0.15) is 41.6 Å². The van der Waals surface area contributed by atoms with E-state index in [0.717, 1.165) is 31.4 Å². The topological polar surface area (TPSA) is 70.2 Å². The zero-order valence-electron chi connectivity index (χ0n) is 20.1. The van der Waals surface area contributed by atoms with Gasteiger partial charge in [0.15, 0.2) is 0 Å². The normalized spacial score (nSPS) is 19.9. The van der Waals surface area contributed by atoms with E-state index in [-0.39, 0.29) is 10.8 Å². The molecular weight excluding hydrogens is 462 g/mol. The van der Waals surface area contributed by atoms with Crippen LogP contribution in [-0.4, -0.2) is 76.0 Å². The number of rotatable bonds is 5. The highest BCUT2D eigenvalue weighted by molar-refractivity contribution is 7.89. The average Bonchev–Trinajstić information content (AvgIpc) is 2.94. The van der Waals surface area contributed by atoms with Gasteiger partial charge in [0.1, 0.15) is 0 Å². The van der Waals surface area contributed by atoms with Gasteiger partial charge in [-0.1, -0.05) is 42.8 Å². The second-order valence-corrected chi connectivity index (χ2v) is 11.3. The zero-order chi connectivity index (χ0) is 24.3. The van der Waals surface area contributed by atoms with E-state index in [1.54, 1.807) is 16.4 Å². The van der Waals surface area contributed by atoms with Crippen LogP contribution in [0.5, 0.6) is 0 Å². The summed E-state index contributed by atoms with van der Waals surface area (Å²) in [5.41, 5.74) is 3.67. The minimum absolute atomic E-state index is 0.120. The molecule has 0 radical (unpaired) electrons. The molecule has 2 fully saturated rings. The highest BCUT2D eigenvalue weighted by Crippen LogP contribution is 2.30. The number of sulfonamides is 1. The number of ether oxygens (including phenoxy) is 1. The van der Waals surface area contributed by atoms with Crippen molar-refractivity contribution in [2.45, 2.75) is 30.6 Å². The zero-order valence-corrected chi connectivity index (χ0v) is 20.9. The van der Waals surface area contributed by atoms with Gasteiger partial charge in [-0.3, -0.25) is 4.79 Å². The predicted octanol–water partition coefficient (Wildman–Crippen LogP) is 3.63. The van der Waals surface area contributed by atoms with Gasteiger partial charge < -0.3 is 14.5 Å². The van der Waals surface area contributed by atoms with Gasteiger partial charge in [0.25, 0.3) is 5.91 Å². The van der Waals surface area contributed by atoms with Crippen LogP contribution in [0.15, 0.2) is 59.5 Å². The van der Waals surface area contributed by atoms with Gasteiger partial charge >= 0.3 is 0 Å². The second-order valence-electron chi connectivity index (χ2n) is 9.34. The van der Waals surface area contributed by atoms with E-state index in [9.17, 15) is 13.2 Å².